The first-order chi connectivity index (χ1) is 6.70. The first-order valence-electron chi connectivity index (χ1n) is 3.80. The van der Waals surface area contributed by atoms with Crippen LogP contribution < -0.4 is 5.32 Å². The summed E-state index contributed by atoms with van der Waals surface area (Å²) in [7, 11) is 0. The van der Waals surface area contributed by atoms with Gasteiger partial charge in [-0.25, -0.2) is 0 Å². The lowest BCUT2D eigenvalue weighted by Crippen LogP contribution is -2.11. The molecule has 2 rings (SSSR count). The van der Waals surface area contributed by atoms with Gasteiger partial charge in [0.05, 0.1) is 0 Å². The van der Waals surface area contributed by atoms with Gasteiger partial charge in [-0.3, -0.25) is 0 Å². The molecular weight excluding hydrogens is 302 g/mol. The SMILES string of the molecule is S=C1Nc2cc(Cl)ccc2/C(=C/Br)S1. The van der Waals surface area contributed by atoms with E-state index < -0.39 is 0 Å². The van der Waals surface area contributed by atoms with E-state index in [0.29, 0.717) is 5.02 Å². The van der Waals surface area contributed by atoms with E-state index in [1.54, 1.807) is 0 Å². The van der Waals surface area contributed by atoms with Gasteiger partial charge in [-0.15, -0.1) is 0 Å². The number of rotatable bonds is 0. The minimum Gasteiger partial charge on any atom is -0.340 e. The van der Waals surface area contributed by atoms with Crippen LogP contribution in [0.1, 0.15) is 5.56 Å². The molecule has 1 N–H and O–H groups in total. The fourth-order valence-corrected chi connectivity index (χ4v) is 2.98. The van der Waals surface area contributed by atoms with Crippen molar-refractivity contribution in [3.63, 3.8) is 0 Å². The molecule has 0 saturated carbocycles. The fourth-order valence-electron chi connectivity index (χ4n) is 1.21. The summed E-state index contributed by atoms with van der Waals surface area (Å²) in [5, 5.41) is 3.82. The average molecular weight is 307 g/mol. The molecule has 0 aromatic heterocycles. The van der Waals surface area contributed by atoms with Crippen molar-refractivity contribution in [2.45, 2.75) is 0 Å². The Kier molecular flexibility index (Phi) is 3.17. The molecule has 0 unspecified atom stereocenters. The third-order valence-electron chi connectivity index (χ3n) is 1.79. The van der Waals surface area contributed by atoms with Gasteiger partial charge >= 0.3 is 0 Å². The van der Waals surface area contributed by atoms with Crippen molar-refractivity contribution in [2.24, 2.45) is 0 Å². The Balaban J connectivity index is 2.57. The normalized spacial score (nSPS) is 17.9. The van der Waals surface area contributed by atoms with E-state index in [9.17, 15) is 0 Å². The van der Waals surface area contributed by atoms with Crippen LogP contribution in [0, 0.1) is 0 Å². The minimum absolute atomic E-state index is 0.708. The van der Waals surface area contributed by atoms with Crippen molar-refractivity contribution < 1.29 is 0 Å². The predicted octanol–water partition coefficient (Wildman–Crippen LogP) is 4.48. The van der Waals surface area contributed by atoms with Crippen molar-refractivity contribution in [3.05, 3.63) is 33.8 Å². The molecule has 72 valence electrons. The summed E-state index contributed by atoms with van der Waals surface area (Å²) < 4.78 is 0.741. The van der Waals surface area contributed by atoms with Crippen LogP contribution in [0.3, 0.4) is 0 Å². The van der Waals surface area contributed by atoms with Gasteiger partial charge < -0.3 is 5.32 Å². The molecule has 0 amide bonds. The largest absolute Gasteiger partial charge is 0.340 e. The molecule has 1 aromatic rings. The maximum atomic E-state index is 5.89. The molecule has 0 aliphatic carbocycles. The topological polar surface area (TPSA) is 12.0 Å². The molecule has 5 heteroatoms. The highest BCUT2D eigenvalue weighted by molar-refractivity contribution is 9.11. The van der Waals surface area contributed by atoms with Crippen LogP contribution in [0.15, 0.2) is 23.2 Å². The summed E-state index contributed by atoms with van der Waals surface area (Å²) >= 11 is 15.9. The van der Waals surface area contributed by atoms with Crippen LogP contribution in [0.25, 0.3) is 4.91 Å². The quantitative estimate of drug-likeness (QED) is 0.710. The number of benzene rings is 1. The zero-order valence-electron chi connectivity index (χ0n) is 6.88. The first-order valence-corrected chi connectivity index (χ1v) is 6.31. The molecule has 0 atom stereocenters. The molecular formula is C9H5BrClNS2. The zero-order valence-corrected chi connectivity index (χ0v) is 10.9. The Morgan fingerprint density at radius 3 is 3.00 bits per heavy atom. The van der Waals surface area contributed by atoms with E-state index in [1.165, 1.54) is 11.8 Å². The number of hydrogen-bond acceptors (Lipinski definition) is 2. The minimum atomic E-state index is 0.708. The summed E-state index contributed by atoms with van der Waals surface area (Å²) in [6.45, 7) is 0. The standard InChI is InChI=1S/C9H5BrClNS2/c10-4-8-6-2-1-5(11)3-7(6)12-9(13)14-8/h1-4H,(H,12,13)/b8-4-. The van der Waals surface area contributed by atoms with Gasteiger partial charge in [0.2, 0.25) is 0 Å². The summed E-state index contributed by atoms with van der Waals surface area (Å²) in [5.74, 6) is 0. The second kappa shape index (κ2) is 4.23. The number of halogens is 2. The van der Waals surface area contributed by atoms with Crippen molar-refractivity contribution in [3.8, 4) is 0 Å². The maximum absolute atomic E-state index is 5.89. The molecule has 1 aromatic carbocycles. The van der Waals surface area contributed by atoms with Crippen LogP contribution in [-0.4, -0.2) is 4.32 Å². The molecule has 0 radical (unpaired) electrons. The van der Waals surface area contributed by atoms with Crippen molar-refractivity contribution in [1.82, 2.24) is 0 Å². The van der Waals surface area contributed by atoms with Crippen LogP contribution in [0.2, 0.25) is 5.02 Å². The first kappa shape index (κ1) is 10.5. The zero-order chi connectivity index (χ0) is 10.1. The Morgan fingerprint density at radius 1 is 1.50 bits per heavy atom. The van der Waals surface area contributed by atoms with Crippen LogP contribution in [0.5, 0.6) is 0 Å². The van der Waals surface area contributed by atoms with Gasteiger partial charge in [-0.1, -0.05) is 57.6 Å². The molecule has 14 heavy (non-hydrogen) atoms. The molecule has 0 saturated heterocycles. The van der Waals surface area contributed by atoms with E-state index in [2.05, 4.69) is 21.2 Å². The molecule has 1 aliphatic heterocycles. The second-order valence-corrected chi connectivity index (χ2v) is 5.29. The second-order valence-electron chi connectivity index (χ2n) is 2.68. The number of nitrogens with one attached hydrogen (secondary N) is 1. The predicted molar refractivity (Wildman–Crippen MR) is 72.2 cm³/mol. The Bertz CT molecular complexity index is 431. The van der Waals surface area contributed by atoms with E-state index in [0.717, 1.165) is 20.5 Å². The third-order valence-corrected chi connectivity index (χ3v) is 3.98. The van der Waals surface area contributed by atoms with E-state index in [-0.39, 0.29) is 0 Å². The number of anilines is 1. The van der Waals surface area contributed by atoms with Gasteiger partial charge in [-0.05, 0) is 17.1 Å². The summed E-state index contributed by atoms with van der Waals surface area (Å²) in [6, 6.07) is 5.72. The molecule has 0 bridgehead atoms. The van der Waals surface area contributed by atoms with Gasteiger partial charge in [-0.2, -0.15) is 0 Å². The number of fused-ring (bicyclic) bond motifs is 1. The third kappa shape index (κ3) is 1.98. The molecule has 1 aliphatic rings. The molecule has 0 fully saturated rings. The Labute approximate surface area is 105 Å². The summed E-state index contributed by atoms with van der Waals surface area (Å²) in [4.78, 5) is 2.97. The van der Waals surface area contributed by atoms with E-state index in [4.69, 9.17) is 23.8 Å². The highest BCUT2D eigenvalue weighted by atomic mass is 79.9. The average Bonchev–Trinajstić information content (AvgIpc) is 2.15. The van der Waals surface area contributed by atoms with Gasteiger partial charge in [0.15, 0.2) is 0 Å². The smallest absolute Gasteiger partial charge is 0.143 e. The van der Waals surface area contributed by atoms with Crippen LogP contribution >= 0.6 is 51.5 Å². The lowest BCUT2D eigenvalue weighted by molar-refractivity contribution is 1.61. The number of hydrogen-bond donors (Lipinski definition) is 1. The summed E-state index contributed by atoms with van der Waals surface area (Å²) in [6.07, 6.45) is 0. The molecule has 1 heterocycles. The fraction of sp³-hybridized carbons (Fsp3) is 0. The Hall–Kier alpha value is -0.0300. The molecule has 1 nitrogen and oxygen atoms in total. The van der Waals surface area contributed by atoms with Crippen molar-refractivity contribution in [2.75, 3.05) is 5.32 Å². The maximum Gasteiger partial charge on any atom is 0.143 e. The van der Waals surface area contributed by atoms with Gasteiger partial charge in [0.1, 0.15) is 4.32 Å². The number of thioether (sulfide) groups is 1. The highest BCUT2D eigenvalue weighted by Crippen LogP contribution is 2.40. The highest BCUT2D eigenvalue weighted by Gasteiger charge is 2.17. The van der Waals surface area contributed by atoms with E-state index in [1.807, 2.05) is 23.2 Å². The lowest BCUT2D eigenvalue weighted by Gasteiger charge is -2.20. The molecule has 0 spiro atoms. The lowest BCUT2D eigenvalue weighted by atomic mass is 10.1. The Morgan fingerprint density at radius 2 is 2.29 bits per heavy atom. The summed E-state index contributed by atoms with van der Waals surface area (Å²) in [5.41, 5.74) is 2.08. The number of thiocarbonyl (C=S) groups is 1. The monoisotopic (exact) mass is 305 g/mol. The van der Waals surface area contributed by atoms with Gasteiger partial charge in [0, 0.05) is 21.2 Å². The van der Waals surface area contributed by atoms with Crippen LogP contribution in [0.4, 0.5) is 5.69 Å². The van der Waals surface area contributed by atoms with Gasteiger partial charge in [0.25, 0.3) is 0 Å². The van der Waals surface area contributed by atoms with Crippen molar-refractivity contribution in [1.29, 1.82) is 0 Å². The van der Waals surface area contributed by atoms with Crippen LogP contribution in [-0.2, 0) is 0 Å². The van der Waals surface area contributed by atoms with Crippen molar-refractivity contribution >= 4 is 66.4 Å². The van der Waals surface area contributed by atoms with E-state index >= 15 is 0 Å².